The highest BCUT2D eigenvalue weighted by Crippen LogP contribution is 2.47. The van der Waals surface area contributed by atoms with Gasteiger partial charge in [0.1, 0.15) is 24.4 Å². The molecule has 11 nitrogen and oxygen atoms in total. The molecule has 322 valence electrons. The summed E-state index contributed by atoms with van der Waals surface area (Å²) in [4.78, 5) is 57.3. The monoisotopic (exact) mass is 790 g/mol. The van der Waals surface area contributed by atoms with Gasteiger partial charge >= 0.3 is 23.9 Å². The van der Waals surface area contributed by atoms with Crippen LogP contribution in [0.5, 0.6) is 0 Å². The SMILES string of the molecule is CC1(C)CC(OC(=O)C(CC(=O)OC2CC(C)(C)NC(C)(C)C2)C(CC(=O)OC2CC(C)(C)NC(C)(C)C2)C(=O)OC2CC(C)(C)NC(C)(C)C2)CC(C)(C)C1. The first kappa shape index (κ1) is 46.4. The fourth-order valence-electron chi connectivity index (χ4n) is 11.9. The van der Waals surface area contributed by atoms with Crippen molar-refractivity contribution in [1.82, 2.24) is 16.0 Å². The van der Waals surface area contributed by atoms with Crippen molar-refractivity contribution in [1.29, 1.82) is 0 Å². The third kappa shape index (κ3) is 14.0. The first-order chi connectivity index (χ1) is 25.1. The van der Waals surface area contributed by atoms with E-state index in [-0.39, 0.29) is 44.1 Å². The quantitative estimate of drug-likeness (QED) is 0.140. The minimum absolute atomic E-state index is 0.0804. The Morgan fingerprint density at radius 2 is 0.643 bits per heavy atom. The zero-order valence-corrected chi connectivity index (χ0v) is 38.0. The first-order valence-corrected chi connectivity index (χ1v) is 21.3. The standard InChI is InChI=1S/C45H79N3O8/c1-38(2)19-28(20-39(3,4)27-38)55-36(51)32(17-34(49)53-29-21-40(5,6)46-41(7,8)22-29)33(37(52)56-31-25-44(13,14)48-45(15,16)26-31)18-35(50)54-30-23-42(9,10)47-43(11,12)24-30/h28-33,46-48H,17-27H2,1-16H3. The predicted molar refractivity (Wildman–Crippen MR) is 219 cm³/mol. The molecule has 3 N–H and O–H groups in total. The molecule has 0 aromatic carbocycles. The van der Waals surface area contributed by atoms with Crippen molar-refractivity contribution in [2.75, 3.05) is 0 Å². The molecular weight excluding hydrogens is 711 g/mol. The van der Waals surface area contributed by atoms with Gasteiger partial charge in [-0.05, 0) is 113 Å². The van der Waals surface area contributed by atoms with Crippen molar-refractivity contribution in [3.8, 4) is 0 Å². The van der Waals surface area contributed by atoms with Crippen LogP contribution in [-0.2, 0) is 38.1 Å². The third-order valence-electron chi connectivity index (χ3n) is 12.0. The van der Waals surface area contributed by atoms with Crippen molar-refractivity contribution in [3.63, 3.8) is 0 Å². The van der Waals surface area contributed by atoms with Gasteiger partial charge in [0.2, 0.25) is 0 Å². The lowest BCUT2D eigenvalue weighted by Gasteiger charge is -2.46. The Morgan fingerprint density at radius 1 is 0.411 bits per heavy atom. The number of hydrogen-bond donors (Lipinski definition) is 3. The number of rotatable bonds is 11. The van der Waals surface area contributed by atoms with Gasteiger partial charge in [-0.2, -0.15) is 0 Å². The van der Waals surface area contributed by atoms with E-state index in [1.807, 2.05) is 0 Å². The highest BCUT2D eigenvalue weighted by molar-refractivity contribution is 5.88. The predicted octanol–water partition coefficient (Wildman–Crippen LogP) is 7.70. The summed E-state index contributed by atoms with van der Waals surface area (Å²) in [5.74, 6) is -5.24. The number of carbonyl (C=O) groups is 4. The second-order valence-corrected chi connectivity index (χ2v) is 23.8. The lowest BCUT2D eigenvalue weighted by atomic mass is 9.64. The topological polar surface area (TPSA) is 141 Å². The molecule has 4 fully saturated rings. The van der Waals surface area contributed by atoms with Crippen molar-refractivity contribution in [2.24, 2.45) is 22.7 Å². The van der Waals surface area contributed by atoms with E-state index in [1.165, 1.54) is 0 Å². The largest absolute Gasteiger partial charge is 0.462 e. The molecule has 0 radical (unpaired) electrons. The second kappa shape index (κ2) is 16.1. The van der Waals surface area contributed by atoms with E-state index in [0.29, 0.717) is 51.4 Å². The van der Waals surface area contributed by atoms with Crippen molar-refractivity contribution in [2.45, 2.75) is 239 Å². The molecule has 0 amide bonds. The van der Waals surface area contributed by atoms with Crippen LogP contribution >= 0.6 is 0 Å². The first-order valence-electron chi connectivity index (χ1n) is 21.3. The van der Waals surface area contributed by atoms with Gasteiger partial charge in [0, 0.05) is 71.8 Å². The Bertz CT molecular complexity index is 1290. The minimum Gasteiger partial charge on any atom is -0.462 e. The van der Waals surface area contributed by atoms with E-state index in [9.17, 15) is 19.2 Å². The van der Waals surface area contributed by atoms with E-state index in [4.69, 9.17) is 18.9 Å². The van der Waals surface area contributed by atoms with Crippen molar-refractivity contribution in [3.05, 3.63) is 0 Å². The summed E-state index contributed by atoms with van der Waals surface area (Å²) in [5.41, 5.74) is -1.94. The highest BCUT2D eigenvalue weighted by atomic mass is 16.6. The molecule has 4 rings (SSSR count). The van der Waals surface area contributed by atoms with Gasteiger partial charge in [-0.3, -0.25) is 19.2 Å². The summed E-state index contributed by atoms with van der Waals surface area (Å²) in [6, 6.07) is 0. The Labute approximate surface area is 339 Å². The van der Waals surface area contributed by atoms with Gasteiger partial charge in [-0.15, -0.1) is 0 Å². The maximum absolute atomic E-state index is 14.6. The lowest BCUT2D eigenvalue weighted by Crippen LogP contribution is -2.60. The smallest absolute Gasteiger partial charge is 0.310 e. The van der Waals surface area contributed by atoms with Crippen LogP contribution in [0.15, 0.2) is 0 Å². The van der Waals surface area contributed by atoms with Crippen LogP contribution in [0.1, 0.15) is 181 Å². The van der Waals surface area contributed by atoms with Crippen LogP contribution in [0.3, 0.4) is 0 Å². The molecule has 4 aliphatic rings. The van der Waals surface area contributed by atoms with Crippen LogP contribution in [0.25, 0.3) is 0 Å². The van der Waals surface area contributed by atoms with Crippen molar-refractivity contribution < 1.29 is 38.1 Å². The van der Waals surface area contributed by atoms with Crippen molar-refractivity contribution >= 4 is 23.9 Å². The maximum atomic E-state index is 14.6. The summed E-state index contributed by atoms with van der Waals surface area (Å²) < 4.78 is 24.9. The third-order valence-corrected chi connectivity index (χ3v) is 12.0. The Balaban J connectivity index is 1.68. The molecule has 3 saturated heterocycles. The van der Waals surface area contributed by atoms with Crippen LogP contribution < -0.4 is 16.0 Å². The molecular formula is C45H79N3O8. The average Bonchev–Trinajstić information content (AvgIpc) is 2.87. The van der Waals surface area contributed by atoms with Gasteiger partial charge in [-0.1, -0.05) is 27.7 Å². The zero-order chi connectivity index (χ0) is 42.5. The van der Waals surface area contributed by atoms with Crippen LogP contribution in [0.4, 0.5) is 0 Å². The van der Waals surface area contributed by atoms with Crippen LogP contribution in [-0.4, -0.2) is 81.5 Å². The molecule has 2 unspecified atom stereocenters. The Morgan fingerprint density at radius 3 is 0.911 bits per heavy atom. The molecule has 0 bridgehead atoms. The molecule has 2 atom stereocenters. The van der Waals surface area contributed by atoms with Crippen LogP contribution in [0, 0.1) is 22.7 Å². The number of piperidine rings is 3. The van der Waals surface area contributed by atoms with Gasteiger partial charge in [0.25, 0.3) is 0 Å². The average molecular weight is 790 g/mol. The lowest BCUT2D eigenvalue weighted by molar-refractivity contribution is -0.178. The summed E-state index contributed by atoms with van der Waals surface area (Å²) >= 11 is 0. The zero-order valence-electron chi connectivity index (χ0n) is 38.0. The van der Waals surface area contributed by atoms with Gasteiger partial charge in [-0.25, -0.2) is 0 Å². The molecule has 3 aliphatic heterocycles. The number of ether oxygens (including phenoxy) is 4. The second-order valence-electron chi connectivity index (χ2n) is 23.8. The van der Waals surface area contributed by atoms with Gasteiger partial charge in [0.05, 0.1) is 24.7 Å². The fourth-order valence-corrected chi connectivity index (χ4v) is 11.9. The maximum Gasteiger partial charge on any atom is 0.310 e. The van der Waals surface area contributed by atoms with Gasteiger partial charge in [0.15, 0.2) is 0 Å². The molecule has 1 aliphatic carbocycles. The number of nitrogens with one attached hydrogen (secondary N) is 3. The summed E-state index contributed by atoms with van der Waals surface area (Å²) in [6.45, 7) is 33.6. The van der Waals surface area contributed by atoms with E-state index in [0.717, 1.165) is 6.42 Å². The molecule has 0 aromatic heterocycles. The van der Waals surface area contributed by atoms with E-state index < -0.39 is 73.0 Å². The summed E-state index contributed by atoms with van der Waals surface area (Å²) in [5, 5.41) is 10.8. The molecule has 0 spiro atoms. The summed E-state index contributed by atoms with van der Waals surface area (Å²) in [6.07, 6.45) is 3.18. The normalized spacial score (nSPS) is 27.9. The molecule has 56 heavy (non-hydrogen) atoms. The molecule has 1 saturated carbocycles. The molecule has 3 heterocycles. The Hall–Kier alpha value is -2.24. The van der Waals surface area contributed by atoms with Gasteiger partial charge < -0.3 is 34.9 Å². The highest BCUT2D eigenvalue weighted by Gasteiger charge is 2.48. The number of hydrogen-bond acceptors (Lipinski definition) is 11. The van der Waals surface area contributed by atoms with E-state index >= 15 is 0 Å². The van der Waals surface area contributed by atoms with E-state index in [1.54, 1.807) is 0 Å². The number of esters is 4. The fraction of sp³-hybridized carbons (Fsp3) is 0.911. The molecule has 0 aromatic rings. The summed E-state index contributed by atoms with van der Waals surface area (Å²) in [7, 11) is 0. The van der Waals surface area contributed by atoms with E-state index in [2.05, 4.69) is 127 Å². The number of carbonyl (C=O) groups excluding carboxylic acids is 4. The van der Waals surface area contributed by atoms with Crippen LogP contribution in [0.2, 0.25) is 0 Å². The molecule has 11 heteroatoms. The minimum atomic E-state index is -1.32. The Kier molecular flexibility index (Phi) is 13.3.